The highest BCUT2D eigenvalue weighted by Crippen LogP contribution is 2.29. The number of nitrogens with zero attached hydrogens (tertiary/aromatic N) is 4. The lowest BCUT2D eigenvalue weighted by Crippen LogP contribution is -2.41. The Kier molecular flexibility index (Phi) is 6.98. The lowest BCUT2D eigenvalue weighted by Gasteiger charge is -2.32. The van der Waals surface area contributed by atoms with Crippen molar-refractivity contribution < 1.29 is 8.42 Å². The molecule has 182 valence electrons. The molecule has 1 aliphatic heterocycles. The molecule has 0 amide bonds. The lowest BCUT2D eigenvalue weighted by atomic mass is 10.00. The highest BCUT2D eigenvalue weighted by atomic mass is 79.9. The molecule has 2 aromatic carbocycles. The van der Waals surface area contributed by atoms with Crippen molar-refractivity contribution in [1.29, 1.82) is 0 Å². The molecule has 1 atom stereocenters. The SMILES string of the molecule is Cc1ccccc1-c1cc(NCC2CCCN(S(=O)(=O)c3ccc(Br)cc3)C2)n2ncc(Br)c2n1. The molecule has 1 unspecified atom stereocenters. The Balaban J connectivity index is 1.37. The Labute approximate surface area is 221 Å². The summed E-state index contributed by atoms with van der Waals surface area (Å²) >= 11 is 6.93. The van der Waals surface area contributed by atoms with E-state index in [9.17, 15) is 8.42 Å². The monoisotopic (exact) mass is 617 g/mol. The van der Waals surface area contributed by atoms with Gasteiger partial charge in [-0.3, -0.25) is 0 Å². The quantitative estimate of drug-likeness (QED) is 0.298. The largest absolute Gasteiger partial charge is 0.370 e. The molecule has 0 radical (unpaired) electrons. The molecule has 3 heterocycles. The average molecular weight is 619 g/mol. The van der Waals surface area contributed by atoms with Crippen LogP contribution < -0.4 is 5.32 Å². The molecule has 7 nitrogen and oxygen atoms in total. The van der Waals surface area contributed by atoms with Gasteiger partial charge in [0.2, 0.25) is 10.0 Å². The van der Waals surface area contributed by atoms with Gasteiger partial charge in [-0.05, 0) is 71.4 Å². The van der Waals surface area contributed by atoms with Crippen molar-refractivity contribution in [3.8, 4) is 11.3 Å². The van der Waals surface area contributed by atoms with Crippen LogP contribution in [0.1, 0.15) is 18.4 Å². The molecule has 1 saturated heterocycles. The Hall–Kier alpha value is -2.27. The van der Waals surface area contributed by atoms with Crippen LogP contribution in [0.15, 0.2) is 74.6 Å². The van der Waals surface area contributed by atoms with Crippen molar-refractivity contribution in [2.45, 2.75) is 24.7 Å². The molecule has 0 aliphatic carbocycles. The third-order valence-corrected chi connectivity index (χ3v) is 9.32. The second-order valence-corrected chi connectivity index (χ2v) is 12.5. The minimum atomic E-state index is -3.52. The van der Waals surface area contributed by atoms with Crippen LogP contribution in [0.4, 0.5) is 5.82 Å². The molecule has 0 bridgehead atoms. The number of sulfonamides is 1. The van der Waals surface area contributed by atoms with Crippen LogP contribution in [0.2, 0.25) is 0 Å². The fourth-order valence-corrected chi connectivity index (χ4v) is 6.64. The maximum atomic E-state index is 13.2. The van der Waals surface area contributed by atoms with Crippen LogP contribution in [0.5, 0.6) is 0 Å². The lowest BCUT2D eigenvalue weighted by molar-refractivity contribution is 0.275. The first-order valence-corrected chi connectivity index (χ1v) is 14.5. The first-order valence-electron chi connectivity index (χ1n) is 11.4. The van der Waals surface area contributed by atoms with E-state index in [2.05, 4.69) is 61.3 Å². The van der Waals surface area contributed by atoms with Crippen molar-refractivity contribution in [2.24, 2.45) is 5.92 Å². The third kappa shape index (κ3) is 5.02. The molecule has 0 saturated carbocycles. The van der Waals surface area contributed by atoms with E-state index in [1.54, 1.807) is 39.3 Å². The normalized spacial score (nSPS) is 17.1. The minimum Gasteiger partial charge on any atom is -0.370 e. The smallest absolute Gasteiger partial charge is 0.243 e. The first kappa shape index (κ1) is 24.4. The summed E-state index contributed by atoms with van der Waals surface area (Å²) < 4.78 is 31.5. The maximum absolute atomic E-state index is 13.2. The molecular formula is C25H25Br2N5O2S. The average Bonchev–Trinajstić information content (AvgIpc) is 3.24. The van der Waals surface area contributed by atoms with Crippen LogP contribution in [0.3, 0.4) is 0 Å². The summed E-state index contributed by atoms with van der Waals surface area (Å²) in [6.07, 6.45) is 3.53. The Morgan fingerprint density at radius 3 is 2.66 bits per heavy atom. The molecule has 1 fully saturated rings. The van der Waals surface area contributed by atoms with Gasteiger partial charge in [0.25, 0.3) is 0 Å². The first-order chi connectivity index (χ1) is 16.8. The van der Waals surface area contributed by atoms with Crippen LogP contribution in [0, 0.1) is 12.8 Å². The van der Waals surface area contributed by atoms with E-state index in [4.69, 9.17) is 4.98 Å². The van der Waals surface area contributed by atoms with E-state index in [-0.39, 0.29) is 5.92 Å². The number of benzene rings is 2. The zero-order chi connectivity index (χ0) is 24.6. The molecular weight excluding hydrogens is 594 g/mol. The van der Waals surface area contributed by atoms with E-state index >= 15 is 0 Å². The fraction of sp³-hybridized carbons (Fsp3) is 0.280. The van der Waals surface area contributed by atoms with Gasteiger partial charge < -0.3 is 5.32 Å². The van der Waals surface area contributed by atoms with E-state index in [1.165, 1.54) is 0 Å². The molecule has 1 N–H and O–H groups in total. The number of aryl methyl sites for hydroxylation is 1. The van der Waals surface area contributed by atoms with Gasteiger partial charge in [-0.15, -0.1) is 0 Å². The van der Waals surface area contributed by atoms with Gasteiger partial charge in [0.05, 0.1) is 21.3 Å². The maximum Gasteiger partial charge on any atom is 0.243 e. The van der Waals surface area contributed by atoms with Crippen LogP contribution in [-0.2, 0) is 10.0 Å². The van der Waals surface area contributed by atoms with E-state index in [0.29, 0.717) is 24.5 Å². The summed E-state index contributed by atoms with van der Waals surface area (Å²) in [6.45, 7) is 3.73. The summed E-state index contributed by atoms with van der Waals surface area (Å²) in [4.78, 5) is 5.16. The number of nitrogens with one attached hydrogen (secondary N) is 1. The highest BCUT2D eigenvalue weighted by Gasteiger charge is 2.30. The van der Waals surface area contributed by atoms with Crippen LogP contribution in [-0.4, -0.2) is 47.0 Å². The number of aromatic nitrogens is 3. The van der Waals surface area contributed by atoms with Crippen molar-refractivity contribution in [3.05, 3.63) is 75.3 Å². The third-order valence-electron chi connectivity index (χ3n) is 6.35. The number of piperidine rings is 1. The van der Waals surface area contributed by atoms with Crippen molar-refractivity contribution in [1.82, 2.24) is 18.9 Å². The van der Waals surface area contributed by atoms with Gasteiger partial charge >= 0.3 is 0 Å². The zero-order valence-electron chi connectivity index (χ0n) is 19.2. The molecule has 5 rings (SSSR count). The van der Waals surface area contributed by atoms with Gasteiger partial charge in [0, 0.05) is 35.7 Å². The van der Waals surface area contributed by atoms with E-state index in [0.717, 1.165) is 50.1 Å². The molecule has 0 spiro atoms. The predicted molar refractivity (Wildman–Crippen MR) is 145 cm³/mol. The zero-order valence-corrected chi connectivity index (χ0v) is 23.1. The van der Waals surface area contributed by atoms with Crippen molar-refractivity contribution in [2.75, 3.05) is 25.0 Å². The summed E-state index contributed by atoms with van der Waals surface area (Å²) in [7, 11) is -3.52. The molecule has 1 aliphatic rings. The summed E-state index contributed by atoms with van der Waals surface area (Å²) in [5.74, 6) is 1.00. The standard InChI is InChI=1S/C25H25Br2N5O2S/c1-17-5-2-3-7-21(17)23-13-24(32-25(30-23)22(27)15-29-32)28-14-18-6-4-12-31(16-18)35(33,34)20-10-8-19(26)9-11-20/h2-3,5,7-11,13,15,18,28H,4,6,12,14,16H2,1H3. The van der Waals surface area contributed by atoms with Crippen LogP contribution >= 0.6 is 31.9 Å². The fourth-order valence-electron chi connectivity index (χ4n) is 4.48. The van der Waals surface area contributed by atoms with Gasteiger partial charge in [-0.25, -0.2) is 13.4 Å². The minimum absolute atomic E-state index is 0.179. The number of hydrogen-bond donors (Lipinski definition) is 1. The highest BCUT2D eigenvalue weighted by molar-refractivity contribution is 9.11. The summed E-state index contributed by atoms with van der Waals surface area (Å²) in [5.41, 5.74) is 3.81. The number of fused-ring (bicyclic) bond motifs is 1. The summed E-state index contributed by atoms with van der Waals surface area (Å²) in [6, 6.07) is 17.0. The molecule has 10 heteroatoms. The molecule has 4 aromatic rings. The Morgan fingerprint density at radius 2 is 1.89 bits per heavy atom. The Bertz CT molecular complexity index is 1470. The van der Waals surface area contributed by atoms with E-state index < -0.39 is 10.0 Å². The van der Waals surface area contributed by atoms with E-state index in [1.807, 2.05) is 18.2 Å². The van der Waals surface area contributed by atoms with Crippen molar-refractivity contribution in [3.63, 3.8) is 0 Å². The Morgan fingerprint density at radius 1 is 1.11 bits per heavy atom. The second-order valence-electron chi connectivity index (χ2n) is 8.78. The second kappa shape index (κ2) is 10.0. The van der Waals surface area contributed by atoms with Gasteiger partial charge in [0.1, 0.15) is 5.82 Å². The van der Waals surface area contributed by atoms with Crippen molar-refractivity contribution >= 4 is 53.3 Å². The number of anilines is 1. The number of hydrogen-bond acceptors (Lipinski definition) is 5. The topological polar surface area (TPSA) is 79.6 Å². The number of rotatable bonds is 6. The van der Waals surface area contributed by atoms with Gasteiger partial charge in [-0.1, -0.05) is 40.2 Å². The predicted octanol–water partition coefficient (Wildman–Crippen LogP) is 5.74. The van der Waals surface area contributed by atoms with Crippen LogP contribution in [0.25, 0.3) is 16.9 Å². The number of halogens is 2. The molecule has 2 aromatic heterocycles. The summed E-state index contributed by atoms with van der Waals surface area (Å²) in [5, 5.41) is 8.01. The molecule has 35 heavy (non-hydrogen) atoms. The van der Waals surface area contributed by atoms with Gasteiger partial charge in [0.15, 0.2) is 5.65 Å². The van der Waals surface area contributed by atoms with Gasteiger partial charge in [-0.2, -0.15) is 13.9 Å².